The average molecular weight is 380 g/mol. The molecule has 0 spiro atoms. The van der Waals surface area contributed by atoms with E-state index >= 15 is 0 Å². The Bertz CT molecular complexity index is 1130. The van der Waals surface area contributed by atoms with Gasteiger partial charge in [-0.15, -0.1) is 0 Å². The van der Waals surface area contributed by atoms with E-state index in [1.807, 2.05) is 43.5 Å². The fourth-order valence-corrected chi connectivity index (χ4v) is 3.04. The topological polar surface area (TPSA) is 102 Å². The number of oxazole rings is 1. The van der Waals surface area contributed by atoms with Crippen LogP contribution in [-0.2, 0) is 4.74 Å². The van der Waals surface area contributed by atoms with Gasteiger partial charge in [0.1, 0.15) is 16.9 Å². The van der Waals surface area contributed by atoms with Gasteiger partial charge in [0, 0.05) is 19.7 Å². The molecule has 0 aliphatic heterocycles. The number of carbonyl (C=O) groups excluding carboxylic acids is 1. The number of aliphatic hydroxyl groups is 1. The Morgan fingerprint density at radius 3 is 2.96 bits per heavy atom. The maximum atomic E-state index is 12.5. The van der Waals surface area contributed by atoms with Gasteiger partial charge in [0.2, 0.25) is 0 Å². The van der Waals surface area contributed by atoms with Crippen molar-refractivity contribution in [2.75, 3.05) is 26.4 Å². The number of hydrogen-bond donors (Lipinski definition) is 2. The van der Waals surface area contributed by atoms with Crippen LogP contribution in [0.15, 0.2) is 47.1 Å². The Morgan fingerprint density at radius 2 is 2.11 bits per heavy atom. The van der Waals surface area contributed by atoms with Crippen molar-refractivity contribution in [3.63, 3.8) is 0 Å². The number of nitrogens with zero attached hydrogens (tertiary/aromatic N) is 3. The Kier molecular flexibility index (Phi) is 5.05. The van der Waals surface area contributed by atoms with Gasteiger partial charge in [-0.3, -0.25) is 9.20 Å². The molecule has 2 N–H and O–H groups in total. The summed E-state index contributed by atoms with van der Waals surface area (Å²) in [5, 5.41) is 11.5. The van der Waals surface area contributed by atoms with E-state index in [0.29, 0.717) is 30.4 Å². The van der Waals surface area contributed by atoms with Crippen molar-refractivity contribution >= 4 is 22.7 Å². The van der Waals surface area contributed by atoms with Crippen molar-refractivity contribution in [2.24, 2.45) is 0 Å². The Morgan fingerprint density at radius 1 is 1.25 bits per heavy atom. The molecule has 0 bridgehead atoms. The van der Waals surface area contributed by atoms with E-state index in [1.165, 1.54) is 0 Å². The number of hydrogen-bond acceptors (Lipinski definition) is 6. The molecule has 3 heterocycles. The van der Waals surface area contributed by atoms with E-state index in [-0.39, 0.29) is 19.1 Å². The van der Waals surface area contributed by atoms with Crippen LogP contribution in [-0.4, -0.2) is 51.7 Å². The van der Waals surface area contributed by atoms with Crippen molar-refractivity contribution < 1.29 is 19.1 Å². The second kappa shape index (κ2) is 7.79. The number of imidazole rings is 1. The molecule has 0 aliphatic rings. The van der Waals surface area contributed by atoms with Crippen LogP contribution in [0.1, 0.15) is 16.4 Å². The standard InChI is InChI=1S/C20H20N4O4/c1-13-23-16-10-14(2-4-18(16)28-13)15-3-5-19-22-11-17(24(19)12-15)20(26)21-6-8-27-9-7-25/h2-5,10-12,25H,6-9H2,1H3,(H,21,26). The number of ether oxygens (including phenoxy) is 1. The Balaban J connectivity index is 1.59. The van der Waals surface area contributed by atoms with Gasteiger partial charge in [0.15, 0.2) is 11.5 Å². The van der Waals surface area contributed by atoms with Gasteiger partial charge in [-0.2, -0.15) is 0 Å². The van der Waals surface area contributed by atoms with Crippen molar-refractivity contribution in [3.8, 4) is 11.1 Å². The van der Waals surface area contributed by atoms with Gasteiger partial charge < -0.3 is 19.6 Å². The molecular formula is C20H20N4O4. The predicted molar refractivity (Wildman–Crippen MR) is 103 cm³/mol. The number of aryl methyl sites for hydroxylation is 1. The monoisotopic (exact) mass is 380 g/mol. The molecule has 0 fully saturated rings. The number of benzene rings is 1. The highest BCUT2D eigenvalue weighted by Gasteiger charge is 2.13. The molecule has 8 nitrogen and oxygen atoms in total. The van der Waals surface area contributed by atoms with E-state index in [2.05, 4.69) is 15.3 Å². The predicted octanol–water partition coefficient (Wildman–Crippen LogP) is 2.19. The van der Waals surface area contributed by atoms with Gasteiger partial charge >= 0.3 is 0 Å². The smallest absolute Gasteiger partial charge is 0.270 e. The zero-order chi connectivity index (χ0) is 19.5. The molecule has 4 aromatic rings. The molecule has 1 amide bonds. The molecule has 1 aromatic carbocycles. The summed E-state index contributed by atoms with van der Waals surface area (Å²) < 4.78 is 12.4. The lowest BCUT2D eigenvalue weighted by Crippen LogP contribution is -2.28. The fraction of sp³-hybridized carbons (Fsp3) is 0.250. The molecule has 144 valence electrons. The molecule has 0 saturated heterocycles. The van der Waals surface area contributed by atoms with Crippen LogP contribution in [0.3, 0.4) is 0 Å². The first-order chi connectivity index (χ1) is 13.7. The molecule has 28 heavy (non-hydrogen) atoms. The van der Waals surface area contributed by atoms with E-state index in [1.54, 1.807) is 10.6 Å². The maximum absolute atomic E-state index is 12.5. The maximum Gasteiger partial charge on any atom is 0.270 e. The number of nitrogens with one attached hydrogen (secondary N) is 1. The van der Waals surface area contributed by atoms with Gasteiger partial charge in [-0.05, 0) is 35.4 Å². The highest BCUT2D eigenvalue weighted by Crippen LogP contribution is 2.25. The van der Waals surface area contributed by atoms with Gasteiger partial charge in [-0.1, -0.05) is 6.07 Å². The highest BCUT2D eigenvalue weighted by molar-refractivity contribution is 5.93. The summed E-state index contributed by atoms with van der Waals surface area (Å²) in [6.07, 6.45) is 3.43. The third-order valence-electron chi connectivity index (χ3n) is 4.33. The summed E-state index contributed by atoms with van der Waals surface area (Å²) in [7, 11) is 0. The first-order valence-corrected chi connectivity index (χ1v) is 8.97. The molecule has 8 heteroatoms. The minimum Gasteiger partial charge on any atom is -0.441 e. The number of amides is 1. The molecule has 0 aliphatic carbocycles. The van der Waals surface area contributed by atoms with Crippen molar-refractivity contribution in [1.29, 1.82) is 0 Å². The normalized spacial score (nSPS) is 11.4. The van der Waals surface area contributed by atoms with Crippen molar-refractivity contribution in [3.05, 3.63) is 54.3 Å². The highest BCUT2D eigenvalue weighted by atomic mass is 16.5. The number of aliphatic hydroxyl groups excluding tert-OH is 1. The first-order valence-electron chi connectivity index (χ1n) is 8.97. The van der Waals surface area contributed by atoms with E-state index in [4.69, 9.17) is 14.3 Å². The third-order valence-corrected chi connectivity index (χ3v) is 4.33. The second-order valence-electron chi connectivity index (χ2n) is 6.30. The molecular weight excluding hydrogens is 360 g/mol. The van der Waals surface area contributed by atoms with Crippen LogP contribution in [0.25, 0.3) is 27.9 Å². The SMILES string of the molecule is Cc1nc2cc(-c3ccc4ncc(C(=O)NCCOCCO)n4c3)ccc2o1. The van der Waals surface area contributed by atoms with E-state index in [0.717, 1.165) is 22.2 Å². The molecule has 0 atom stereocenters. The molecule has 0 unspecified atom stereocenters. The van der Waals surface area contributed by atoms with Crippen LogP contribution >= 0.6 is 0 Å². The molecule has 0 radical (unpaired) electrons. The molecule has 4 rings (SSSR count). The Labute approximate surface area is 160 Å². The largest absolute Gasteiger partial charge is 0.441 e. The van der Waals surface area contributed by atoms with Crippen LogP contribution in [0.2, 0.25) is 0 Å². The van der Waals surface area contributed by atoms with Crippen LogP contribution < -0.4 is 5.32 Å². The van der Waals surface area contributed by atoms with Crippen molar-refractivity contribution in [1.82, 2.24) is 19.7 Å². The second-order valence-corrected chi connectivity index (χ2v) is 6.30. The summed E-state index contributed by atoms with van der Waals surface area (Å²) in [6, 6.07) is 9.64. The summed E-state index contributed by atoms with van der Waals surface area (Å²) >= 11 is 0. The average Bonchev–Trinajstić information content (AvgIpc) is 3.28. The Hall–Kier alpha value is -3.23. The first kappa shape index (κ1) is 18.1. The van der Waals surface area contributed by atoms with Gasteiger partial charge in [0.25, 0.3) is 5.91 Å². The molecule has 0 saturated carbocycles. The minimum atomic E-state index is -0.236. The zero-order valence-corrected chi connectivity index (χ0v) is 15.4. The quantitative estimate of drug-likeness (QED) is 0.477. The van der Waals surface area contributed by atoms with Crippen LogP contribution in [0.4, 0.5) is 0 Å². The van der Waals surface area contributed by atoms with Crippen LogP contribution in [0.5, 0.6) is 0 Å². The minimum absolute atomic E-state index is 0.0380. The van der Waals surface area contributed by atoms with Crippen molar-refractivity contribution in [2.45, 2.75) is 6.92 Å². The number of rotatable bonds is 7. The summed E-state index contributed by atoms with van der Waals surface area (Å²) in [5.41, 5.74) is 4.57. The number of carbonyl (C=O) groups is 1. The number of aromatic nitrogens is 3. The van der Waals surface area contributed by atoms with Gasteiger partial charge in [-0.25, -0.2) is 9.97 Å². The summed E-state index contributed by atoms with van der Waals surface area (Å²) in [6.45, 7) is 2.73. The zero-order valence-electron chi connectivity index (χ0n) is 15.4. The molecule has 3 aromatic heterocycles. The number of fused-ring (bicyclic) bond motifs is 2. The van der Waals surface area contributed by atoms with Gasteiger partial charge in [0.05, 0.1) is 26.0 Å². The lowest BCUT2D eigenvalue weighted by molar-refractivity contribution is 0.0834. The lowest BCUT2D eigenvalue weighted by atomic mass is 10.1. The summed E-state index contributed by atoms with van der Waals surface area (Å²) in [4.78, 5) is 21.1. The number of pyridine rings is 1. The fourth-order valence-electron chi connectivity index (χ4n) is 3.04. The van der Waals surface area contributed by atoms with Crippen LogP contribution in [0, 0.1) is 6.92 Å². The van der Waals surface area contributed by atoms with E-state index in [9.17, 15) is 4.79 Å². The lowest BCUT2D eigenvalue weighted by Gasteiger charge is -2.07. The third kappa shape index (κ3) is 3.60. The summed E-state index contributed by atoms with van der Waals surface area (Å²) in [5.74, 6) is 0.388. The van der Waals surface area contributed by atoms with E-state index < -0.39 is 0 Å².